The lowest BCUT2D eigenvalue weighted by molar-refractivity contribution is -0.127. The molecule has 0 unspecified atom stereocenters. The fourth-order valence-corrected chi connectivity index (χ4v) is 4.74. The van der Waals surface area contributed by atoms with Crippen molar-refractivity contribution < 1.29 is 19.1 Å². The van der Waals surface area contributed by atoms with Crippen LogP contribution in [0.25, 0.3) is 28.1 Å². The molecule has 39 heavy (non-hydrogen) atoms. The number of hydrogen-bond acceptors (Lipinski definition) is 9. The molecule has 0 aliphatic carbocycles. The van der Waals surface area contributed by atoms with Crippen molar-refractivity contribution in [1.82, 2.24) is 44.4 Å². The summed E-state index contributed by atoms with van der Waals surface area (Å²) in [5, 5.41) is 13.2. The van der Waals surface area contributed by atoms with Crippen LogP contribution in [-0.4, -0.2) is 75.6 Å². The van der Waals surface area contributed by atoms with E-state index in [1.807, 2.05) is 4.57 Å². The Morgan fingerprint density at radius 3 is 2.64 bits per heavy atom. The minimum atomic E-state index is -0.710. The molecule has 0 saturated heterocycles. The van der Waals surface area contributed by atoms with Gasteiger partial charge in [-0.1, -0.05) is 18.2 Å². The molecule has 0 fully saturated rings. The van der Waals surface area contributed by atoms with E-state index < -0.39 is 17.6 Å². The monoisotopic (exact) mass is 526 g/mol. The molecule has 5 heterocycles. The normalized spacial score (nSPS) is 12.9. The number of fused-ring (bicyclic) bond motifs is 2. The lowest BCUT2D eigenvalue weighted by Gasteiger charge is -2.27. The van der Waals surface area contributed by atoms with Crippen molar-refractivity contribution in [2.24, 2.45) is 5.73 Å². The maximum atomic E-state index is 13.5. The molecule has 6 rings (SSSR count). The van der Waals surface area contributed by atoms with Crippen molar-refractivity contribution >= 4 is 28.5 Å². The van der Waals surface area contributed by atoms with Crippen molar-refractivity contribution in [1.29, 1.82) is 0 Å². The Morgan fingerprint density at radius 2 is 1.90 bits per heavy atom. The van der Waals surface area contributed by atoms with Gasteiger partial charge in [0, 0.05) is 24.8 Å². The van der Waals surface area contributed by atoms with E-state index in [1.165, 1.54) is 35.4 Å². The van der Waals surface area contributed by atoms with E-state index in [2.05, 4.69) is 30.2 Å². The summed E-state index contributed by atoms with van der Waals surface area (Å²) >= 11 is 0. The number of rotatable bonds is 6. The molecule has 0 spiro atoms. The smallest absolute Gasteiger partial charge is 0.295 e. The first-order valence-electron chi connectivity index (χ1n) is 11.9. The Bertz CT molecular complexity index is 1780. The number of Topliss-reactive ketones (excluding diaryl/α,β-unsaturated/α-hetero) is 1. The zero-order chi connectivity index (χ0) is 27.3. The molecule has 0 atom stereocenters. The van der Waals surface area contributed by atoms with Crippen LogP contribution in [0, 0.1) is 6.92 Å². The second-order valence-corrected chi connectivity index (χ2v) is 8.90. The molecule has 4 aromatic heterocycles. The van der Waals surface area contributed by atoms with E-state index in [0.29, 0.717) is 57.6 Å². The maximum Gasteiger partial charge on any atom is 0.295 e. The van der Waals surface area contributed by atoms with Crippen LogP contribution in [0.5, 0.6) is 5.75 Å². The highest BCUT2D eigenvalue weighted by atomic mass is 16.5. The fraction of sp³-hybridized carbons (Fsp3) is 0.200. The van der Waals surface area contributed by atoms with Crippen molar-refractivity contribution in [3.8, 4) is 23.0 Å². The Balaban J connectivity index is 1.31. The Hall–Kier alpha value is -5.40. The molecule has 0 bridgehead atoms. The number of carbonyl (C=O) groups excluding carboxylic acids is 3. The molecule has 1 aromatic carbocycles. The summed E-state index contributed by atoms with van der Waals surface area (Å²) in [6.45, 7) is 2.39. The second-order valence-electron chi connectivity index (χ2n) is 8.90. The topological polar surface area (TPSA) is 180 Å². The van der Waals surface area contributed by atoms with E-state index in [1.54, 1.807) is 31.2 Å². The lowest BCUT2D eigenvalue weighted by Crippen LogP contribution is -2.42. The van der Waals surface area contributed by atoms with Crippen molar-refractivity contribution in [3.05, 3.63) is 65.8 Å². The quantitative estimate of drug-likeness (QED) is 0.241. The van der Waals surface area contributed by atoms with Crippen LogP contribution in [0.15, 0.2) is 43.0 Å². The summed E-state index contributed by atoms with van der Waals surface area (Å²) in [6, 6.07) is 6.86. The number of H-pyrrole nitrogens is 1. The molecule has 0 saturated carbocycles. The first-order valence-corrected chi connectivity index (χ1v) is 11.9. The van der Waals surface area contributed by atoms with Crippen molar-refractivity contribution in [2.45, 2.75) is 20.0 Å². The van der Waals surface area contributed by atoms with E-state index in [4.69, 9.17) is 10.5 Å². The first-order chi connectivity index (χ1) is 18.9. The number of methoxy groups -OCH3 is 1. The van der Waals surface area contributed by atoms with Gasteiger partial charge >= 0.3 is 0 Å². The molecule has 14 heteroatoms. The summed E-state index contributed by atoms with van der Waals surface area (Å²) in [5.74, 6) is 0.279. The van der Waals surface area contributed by atoms with Gasteiger partial charge in [-0.2, -0.15) is 5.10 Å². The van der Waals surface area contributed by atoms with Gasteiger partial charge in [0.15, 0.2) is 17.5 Å². The third-order valence-corrected chi connectivity index (χ3v) is 6.61. The largest absolute Gasteiger partial charge is 0.494 e. The van der Waals surface area contributed by atoms with Crippen LogP contribution in [0.2, 0.25) is 0 Å². The summed E-state index contributed by atoms with van der Waals surface area (Å²) in [4.78, 5) is 51.8. The van der Waals surface area contributed by atoms with Crippen LogP contribution in [0.3, 0.4) is 0 Å². The summed E-state index contributed by atoms with van der Waals surface area (Å²) in [7, 11) is 1.46. The van der Waals surface area contributed by atoms with E-state index in [0.717, 1.165) is 0 Å². The number of hydrogen-bond donors (Lipinski definition) is 2. The minimum Gasteiger partial charge on any atom is -0.494 e. The molecule has 3 N–H and O–H groups in total. The number of ketones is 1. The van der Waals surface area contributed by atoms with Crippen LogP contribution < -0.4 is 10.5 Å². The van der Waals surface area contributed by atoms with Gasteiger partial charge in [0.25, 0.3) is 11.7 Å². The minimum absolute atomic E-state index is 0.0703. The van der Waals surface area contributed by atoms with Crippen LogP contribution in [0.1, 0.15) is 32.4 Å². The summed E-state index contributed by atoms with van der Waals surface area (Å²) in [6.07, 6.45) is 4.45. The van der Waals surface area contributed by atoms with Gasteiger partial charge in [0.1, 0.15) is 17.9 Å². The summed E-state index contributed by atoms with van der Waals surface area (Å²) < 4.78 is 8.76. The third-order valence-electron chi connectivity index (χ3n) is 6.61. The molecule has 196 valence electrons. The number of aromatic nitrogens is 8. The Kier molecular flexibility index (Phi) is 5.63. The van der Waals surface area contributed by atoms with Crippen LogP contribution >= 0.6 is 0 Å². The first kappa shape index (κ1) is 24.0. The van der Waals surface area contributed by atoms with Crippen LogP contribution in [0.4, 0.5) is 0 Å². The average Bonchev–Trinajstić information content (AvgIpc) is 3.69. The maximum absolute atomic E-state index is 13.5. The number of carbonyl (C=O) groups is 3. The SMILES string of the molecule is COc1cnc(-n2cnc(C)n2)c2[nH]cc(C(=O)C(=O)N3CCn4c(nnc4-c4ccccc4C(N)=O)C3)c12. The number of pyridine rings is 1. The molecule has 1 aliphatic heterocycles. The molecule has 2 amide bonds. The van der Waals surface area contributed by atoms with Gasteiger partial charge in [-0.05, 0) is 13.0 Å². The predicted octanol–water partition coefficient (Wildman–Crippen LogP) is 1.04. The lowest BCUT2D eigenvalue weighted by atomic mass is 10.1. The Labute approximate surface area is 220 Å². The van der Waals surface area contributed by atoms with Gasteiger partial charge in [0.2, 0.25) is 5.91 Å². The molecule has 0 radical (unpaired) electrons. The number of nitrogens with zero attached hydrogens (tertiary/aromatic N) is 8. The number of ether oxygens (including phenoxy) is 1. The third kappa shape index (κ3) is 3.89. The number of nitrogens with two attached hydrogens (primary N) is 1. The van der Waals surface area contributed by atoms with Crippen molar-refractivity contribution in [3.63, 3.8) is 0 Å². The van der Waals surface area contributed by atoms with Gasteiger partial charge in [-0.3, -0.25) is 14.4 Å². The highest BCUT2D eigenvalue weighted by Crippen LogP contribution is 2.32. The Morgan fingerprint density at radius 1 is 1.08 bits per heavy atom. The van der Waals surface area contributed by atoms with Gasteiger partial charge < -0.3 is 24.9 Å². The number of aromatic amines is 1. The number of primary amides is 1. The number of nitrogens with one attached hydrogen (secondary N) is 1. The highest BCUT2D eigenvalue weighted by molar-refractivity contribution is 6.45. The van der Waals surface area contributed by atoms with E-state index in [9.17, 15) is 14.4 Å². The number of benzene rings is 1. The highest BCUT2D eigenvalue weighted by Gasteiger charge is 2.32. The van der Waals surface area contributed by atoms with Crippen molar-refractivity contribution in [2.75, 3.05) is 13.7 Å². The second kappa shape index (κ2) is 9.16. The van der Waals surface area contributed by atoms with E-state index >= 15 is 0 Å². The van der Waals surface area contributed by atoms with Crippen LogP contribution in [-0.2, 0) is 17.9 Å². The fourth-order valence-electron chi connectivity index (χ4n) is 4.74. The standard InChI is InChI=1S/C25H22N10O4/c1-13-29-12-35(32-13)24-20-19(17(39-2)10-28-24)16(9-27-20)21(36)25(38)33-7-8-34-18(11-33)30-31-23(34)15-6-4-3-5-14(15)22(26)37/h3-6,9-10,12,27H,7-8,11H2,1-2H3,(H2,26,37). The molecular weight excluding hydrogens is 504 g/mol. The zero-order valence-corrected chi connectivity index (χ0v) is 21.0. The number of aryl methyl sites for hydroxylation is 1. The molecular formula is C25H22N10O4. The van der Waals surface area contributed by atoms with E-state index in [-0.39, 0.29) is 18.7 Å². The zero-order valence-electron chi connectivity index (χ0n) is 21.0. The van der Waals surface area contributed by atoms with Gasteiger partial charge in [-0.25, -0.2) is 14.6 Å². The molecule has 1 aliphatic rings. The predicted molar refractivity (Wildman–Crippen MR) is 136 cm³/mol. The van der Waals surface area contributed by atoms with Gasteiger partial charge in [0.05, 0.1) is 41.9 Å². The number of amides is 2. The molecule has 14 nitrogen and oxygen atoms in total. The summed E-state index contributed by atoms with van der Waals surface area (Å²) in [5.41, 5.74) is 7.04. The average molecular weight is 527 g/mol. The van der Waals surface area contributed by atoms with Gasteiger partial charge in [-0.15, -0.1) is 10.2 Å². The molecule has 5 aromatic rings.